The molecule has 2 rings (SSSR count). The molecule has 20 heavy (non-hydrogen) atoms. The number of ether oxygens (including phenoxy) is 1. The zero-order chi connectivity index (χ0) is 14.4. The largest absolute Gasteiger partial charge is 0.492 e. The fraction of sp³-hybridized carbons (Fsp3) is 0.143. The molecule has 2 aromatic carbocycles. The molecule has 2 aromatic rings. The molecule has 0 radical (unpaired) electrons. The summed E-state index contributed by atoms with van der Waals surface area (Å²) in [5.41, 5.74) is 5.88. The molecule has 0 spiro atoms. The Labute approximate surface area is 118 Å². The Morgan fingerprint density at radius 2 is 1.65 bits per heavy atom. The van der Waals surface area contributed by atoms with Crippen molar-refractivity contribution in [3.8, 4) is 5.75 Å². The van der Waals surface area contributed by atoms with Gasteiger partial charge in [-0.25, -0.2) is 13.1 Å². The molecule has 0 atom stereocenters. The number of benzene rings is 2. The molecule has 5 nitrogen and oxygen atoms in total. The van der Waals surface area contributed by atoms with Gasteiger partial charge in [0.1, 0.15) is 17.3 Å². The molecule has 6 heteroatoms. The van der Waals surface area contributed by atoms with Crippen LogP contribution in [0.2, 0.25) is 0 Å². The second-order valence-electron chi connectivity index (χ2n) is 4.10. The summed E-state index contributed by atoms with van der Waals surface area (Å²) in [7, 11) is -3.60. The molecule has 0 aromatic heterocycles. The van der Waals surface area contributed by atoms with E-state index in [9.17, 15) is 8.42 Å². The highest BCUT2D eigenvalue weighted by Crippen LogP contribution is 2.16. The Balaban J connectivity index is 1.89. The summed E-state index contributed by atoms with van der Waals surface area (Å²) in [5, 5.41) is 0. The zero-order valence-electron chi connectivity index (χ0n) is 10.8. The van der Waals surface area contributed by atoms with Crippen LogP contribution in [0, 0.1) is 0 Å². The van der Waals surface area contributed by atoms with E-state index in [1.165, 1.54) is 6.07 Å². The van der Waals surface area contributed by atoms with Gasteiger partial charge in [-0.1, -0.05) is 30.3 Å². The lowest BCUT2D eigenvalue weighted by Crippen LogP contribution is -2.28. The molecule has 0 fully saturated rings. The maximum absolute atomic E-state index is 12.0. The first-order chi connectivity index (χ1) is 9.59. The molecule has 0 amide bonds. The minimum absolute atomic E-state index is 0.0831. The minimum Gasteiger partial charge on any atom is -0.492 e. The third kappa shape index (κ3) is 3.72. The summed E-state index contributed by atoms with van der Waals surface area (Å²) in [6.45, 7) is 0.418. The van der Waals surface area contributed by atoms with Gasteiger partial charge in [-0.05, 0) is 24.3 Å². The van der Waals surface area contributed by atoms with Crippen LogP contribution in [0.1, 0.15) is 0 Å². The van der Waals surface area contributed by atoms with Gasteiger partial charge in [0, 0.05) is 6.54 Å². The van der Waals surface area contributed by atoms with Crippen molar-refractivity contribution in [1.82, 2.24) is 4.72 Å². The number of sulfonamides is 1. The van der Waals surface area contributed by atoms with Crippen LogP contribution >= 0.6 is 0 Å². The maximum Gasteiger partial charge on any atom is 0.242 e. The van der Waals surface area contributed by atoms with E-state index >= 15 is 0 Å². The molecule has 0 aliphatic rings. The van der Waals surface area contributed by atoms with Crippen molar-refractivity contribution in [2.24, 2.45) is 0 Å². The first-order valence-corrected chi connectivity index (χ1v) is 7.60. The van der Waals surface area contributed by atoms with Gasteiger partial charge in [-0.3, -0.25) is 0 Å². The number of nitrogen functional groups attached to an aromatic ring is 1. The van der Waals surface area contributed by atoms with Crippen LogP contribution in [0.4, 0.5) is 5.69 Å². The predicted octanol–water partition coefficient (Wildman–Crippen LogP) is 1.63. The number of nitrogens with one attached hydrogen (secondary N) is 1. The highest BCUT2D eigenvalue weighted by Gasteiger charge is 2.15. The van der Waals surface area contributed by atoms with E-state index in [-0.39, 0.29) is 23.7 Å². The first kappa shape index (κ1) is 14.4. The molecular formula is C14H16N2O3S. The molecule has 0 saturated carbocycles. The monoisotopic (exact) mass is 292 g/mol. The lowest BCUT2D eigenvalue weighted by molar-refractivity contribution is 0.323. The van der Waals surface area contributed by atoms with Crippen LogP contribution < -0.4 is 15.2 Å². The minimum atomic E-state index is -3.60. The zero-order valence-corrected chi connectivity index (χ0v) is 11.6. The van der Waals surface area contributed by atoms with Crippen molar-refractivity contribution in [3.63, 3.8) is 0 Å². The summed E-state index contributed by atoms with van der Waals surface area (Å²) in [6, 6.07) is 15.5. The van der Waals surface area contributed by atoms with E-state index in [0.29, 0.717) is 5.75 Å². The van der Waals surface area contributed by atoms with Crippen molar-refractivity contribution in [3.05, 3.63) is 54.6 Å². The lowest BCUT2D eigenvalue weighted by Gasteiger charge is -2.09. The summed E-state index contributed by atoms with van der Waals surface area (Å²) >= 11 is 0. The van der Waals surface area contributed by atoms with Crippen LogP contribution in [0.3, 0.4) is 0 Å². The highest BCUT2D eigenvalue weighted by molar-refractivity contribution is 7.89. The van der Waals surface area contributed by atoms with Gasteiger partial charge in [0.25, 0.3) is 0 Å². The molecule has 0 bridgehead atoms. The van der Waals surface area contributed by atoms with Gasteiger partial charge >= 0.3 is 0 Å². The number of anilines is 1. The van der Waals surface area contributed by atoms with Crippen LogP contribution in [-0.4, -0.2) is 21.6 Å². The van der Waals surface area contributed by atoms with E-state index in [1.54, 1.807) is 18.2 Å². The fourth-order valence-electron chi connectivity index (χ4n) is 1.66. The third-order valence-corrected chi connectivity index (χ3v) is 4.15. The van der Waals surface area contributed by atoms with Crippen LogP contribution in [0.15, 0.2) is 59.5 Å². The topological polar surface area (TPSA) is 81.4 Å². The Hall–Kier alpha value is -2.05. The van der Waals surface area contributed by atoms with E-state index in [1.807, 2.05) is 30.3 Å². The number of hydrogen-bond acceptors (Lipinski definition) is 4. The smallest absolute Gasteiger partial charge is 0.242 e. The Morgan fingerprint density at radius 3 is 2.35 bits per heavy atom. The third-order valence-electron chi connectivity index (χ3n) is 2.61. The van der Waals surface area contributed by atoms with E-state index in [2.05, 4.69) is 4.72 Å². The predicted molar refractivity (Wildman–Crippen MR) is 78.0 cm³/mol. The molecule has 106 valence electrons. The SMILES string of the molecule is Nc1ccccc1S(=O)(=O)NCCOc1ccccc1. The molecule has 0 unspecified atom stereocenters. The summed E-state index contributed by atoms with van der Waals surface area (Å²) in [5.74, 6) is 0.700. The Kier molecular flexibility index (Phi) is 4.60. The second kappa shape index (κ2) is 6.40. The summed E-state index contributed by atoms with van der Waals surface area (Å²) in [6.07, 6.45) is 0. The lowest BCUT2D eigenvalue weighted by atomic mass is 10.3. The standard InChI is InChI=1S/C14H16N2O3S/c15-13-8-4-5-9-14(13)20(17,18)16-10-11-19-12-6-2-1-3-7-12/h1-9,16H,10-11,15H2. The molecular weight excluding hydrogens is 276 g/mol. The summed E-state index contributed by atoms with van der Waals surface area (Å²) in [4.78, 5) is 0.0831. The van der Waals surface area contributed by atoms with Crippen molar-refractivity contribution in [2.75, 3.05) is 18.9 Å². The maximum atomic E-state index is 12.0. The number of hydrogen-bond donors (Lipinski definition) is 2. The molecule has 0 heterocycles. The van der Waals surface area contributed by atoms with Crippen molar-refractivity contribution >= 4 is 15.7 Å². The van der Waals surface area contributed by atoms with Gasteiger partial charge in [-0.2, -0.15) is 0 Å². The Morgan fingerprint density at radius 1 is 1.00 bits per heavy atom. The summed E-state index contributed by atoms with van der Waals surface area (Å²) < 4.78 is 31.9. The van der Waals surface area contributed by atoms with Crippen LogP contribution in [0.5, 0.6) is 5.75 Å². The van der Waals surface area contributed by atoms with Gasteiger partial charge in [-0.15, -0.1) is 0 Å². The van der Waals surface area contributed by atoms with Crippen molar-refractivity contribution in [2.45, 2.75) is 4.90 Å². The second-order valence-corrected chi connectivity index (χ2v) is 5.83. The van der Waals surface area contributed by atoms with Gasteiger partial charge in [0.2, 0.25) is 10.0 Å². The molecule has 0 saturated heterocycles. The van der Waals surface area contributed by atoms with E-state index in [0.717, 1.165) is 0 Å². The fourth-order valence-corrected chi connectivity index (χ4v) is 2.81. The van der Waals surface area contributed by atoms with Crippen molar-refractivity contribution in [1.29, 1.82) is 0 Å². The molecule has 3 N–H and O–H groups in total. The van der Waals surface area contributed by atoms with Gasteiger partial charge in [0.15, 0.2) is 0 Å². The molecule has 0 aliphatic heterocycles. The Bertz CT molecular complexity index is 657. The van der Waals surface area contributed by atoms with Crippen LogP contribution in [-0.2, 0) is 10.0 Å². The van der Waals surface area contributed by atoms with Gasteiger partial charge < -0.3 is 10.5 Å². The number of para-hydroxylation sites is 2. The van der Waals surface area contributed by atoms with E-state index in [4.69, 9.17) is 10.5 Å². The normalized spacial score (nSPS) is 11.2. The van der Waals surface area contributed by atoms with Gasteiger partial charge in [0.05, 0.1) is 5.69 Å². The van der Waals surface area contributed by atoms with Crippen molar-refractivity contribution < 1.29 is 13.2 Å². The van der Waals surface area contributed by atoms with E-state index < -0.39 is 10.0 Å². The van der Waals surface area contributed by atoms with Crippen LogP contribution in [0.25, 0.3) is 0 Å². The average molecular weight is 292 g/mol. The average Bonchev–Trinajstić information content (AvgIpc) is 2.45. The highest BCUT2D eigenvalue weighted by atomic mass is 32.2. The number of rotatable bonds is 6. The molecule has 0 aliphatic carbocycles. The first-order valence-electron chi connectivity index (χ1n) is 6.11. The quantitative estimate of drug-likeness (QED) is 0.626. The number of nitrogens with two attached hydrogens (primary N) is 1.